The average molecular weight is 158 g/mol. The normalized spacial score (nSPS) is 40.8. The van der Waals surface area contributed by atoms with Crippen molar-refractivity contribution in [1.82, 2.24) is 0 Å². The van der Waals surface area contributed by atoms with Crippen LogP contribution in [0.25, 0.3) is 0 Å². The lowest BCUT2D eigenvalue weighted by Crippen LogP contribution is -2.12. The van der Waals surface area contributed by atoms with Crippen LogP contribution in [0.4, 0.5) is 0 Å². The molecule has 0 aliphatic carbocycles. The topological polar surface area (TPSA) is 9.23 Å². The van der Waals surface area contributed by atoms with E-state index in [9.17, 15) is 0 Å². The van der Waals surface area contributed by atoms with Gasteiger partial charge in [-0.3, -0.25) is 0 Å². The highest BCUT2D eigenvalue weighted by Gasteiger charge is 2.26. The zero-order chi connectivity index (χ0) is 6.81. The Morgan fingerprint density at radius 2 is 2.00 bits per heavy atom. The SMILES string of the molecule is C1COCC2CCC(C1)S2. The maximum absolute atomic E-state index is 5.48. The van der Waals surface area contributed by atoms with E-state index in [1.807, 2.05) is 0 Å². The van der Waals surface area contributed by atoms with Crippen molar-refractivity contribution in [2.75, 3.05) is 13.2 Å². The quantitative estimate of drug-likeness (QED) is 0.533. The zero-order valence-electron chi connectivity index (χ0n) is 6.21. The molecule has 2 saturated heterocycles. The highest BCUT2D eigenvalue weighted by molar-refractivity contribution is 8.00. The van der Waals surface area contributed by atoms with E-state index in [0.29, 0.717) is 0 Å². The van der Waals surface area contributed by atoms with E-state index in [1.54, 1.807) is 0 Å². The van der Waals surface area contributed by atoms with Gasteiger partial charge >= 0.3 is 0 Å². The number of rotatable bonds is 0. The molecule has 2 heteroatoms. The summed E-state index contributed by atoms with van der Waals surface area (Å²) in [4.78, 5) is 0. The predicted octanol–water partition coefficient (Wildman–Crippen LogP) is 2.06. The molecular weight excluding hydrogens is 144 g/mol. The van der Waals surface area contributed by atoms with Gasteiger partial charge in [-0.15, -0.1) is 0 Å². The highest BCUT2D eigenvalue weighted by Crippen LogP contribution is 2.37. The summed E-state index contributed by atoms with van der Waals surface area (Å²) < 4.78 is 5.48. The molecule has 0 radical (unpaired) electrons. The van der Waals surface area contributed by atoms with E-state index in [0.717, 1.165) is 23.7 Å². The molecule has 1 nitrogen and oxygen atoms in total. The van der Waals surface area contributed by atoms with E-state index in [1.165, 1.54) is 25.7 Å². The molecule has 0 spiro atoms. The summed E-state index contributed by atoms with van der Waals surface area (Å²) in [7, 11) is 0. The third-order valence-electron chi connectivity index (χ3n) is 2.31. The molecule has 0 N–H and O–H groups in total. The fraction of sp³-hybridized carbons (Fsp3) is 1.00. The van der Waals surface area contributed by atoms with Crippen molar-refractivity contribution in [3.8, 4) is 0 Å². The standard InChI is InChI=1S/C8H14OS/c1-2-7-3-4-8(10-7)6-9-5-1/h7-8H,1-6H2. The monoisotopic (exact) mass is 158 g/mol. The molecule has 2 bridgehead atoms. The number of ether oxygens (including phenoxy) is 1. The summed E-state index contributed by atoms with van der Waals surface area (Å²) in [5.74, 6) is 0. The molecule has 0 saturated carbocycles. The number of hydrogen-bond donors (Lipinski definition) is 0. The zero-order valence-corrected chi connectivity index (χ0v) is 7.03. The van der Waals surface area contributed by atoms with Gasteiger partial charge in [0.15, 0.2) is 0 Å². The van der Waals surface area contributed by atoms with Gasteiger partial charge in [-0.25, -0.2) is 0 Å². The Morgan fingerprint density at radius 1 is 1.10 bits per heavy atom. The van der Waals surface area contributed by atoms with Crippen LogP contribution in [0, 0.1) is 0 Å². The van der Waals surface area contributed by atoms with Crippen LogP contribution < -0.4 is 0 Å². The summed E-state index contributed by atoms with van der Waals surface area (Å²) >= 11 is 2.16. The van der Waals surface area contributed by atoms with E-state index >= 15 is 0 Å². The molecule has 2 aliphatic rings. The fourth-order valence-electron chi connectivity index (χ4n) is 1.74. The number of fused-ring (bicyclic) bond motifs is 2. The van der Waals surface area contributed by atoms with Crippen LogP contribution in [0.5, 0.6) is 0 Å². The summed E-state index contributed by atoms with van der Waals surface area (Å²) in [5.41, 5.74) is 0. The van der Waals surface area contributed by atoms with Crippen molar-refractivity contribution in [2.24, 2.45) is 0 Å². The van der Waals surface area contributed by atoms with Gasteiger partial charge in [-0.05, 0) is 25.7 Å². The van der Waals surface area contributed by atoms with Gasteiger partial charge in [0.25, 0.3) is 0 Å². The summed E-state index contributed by atoms with van der Waals surface area (Å²) in [6, 6.07) is 0. The minimum atomic E-state index is 0.838. The van der Waals surface area contributed by atoms with Crippen LogP contribution in [0.2, 0.25) is 0 Å². The van der Waals surface area contributed by atoms with Crippen molar-refractivity contribution in [3.63, 3.8) is 0 Å². The second-order valence-electron chi connectivity index (χ2n) is 3.17. The van der Waals surface area contributed by atoms with Crippen LogP contribution in [0.15, 0.2) is 0 Å². The average Bonchev–Trinajstić information content (AvgIpc) is 2.30. The first-order valence-corrected chi connectivity index (χ1v) is 5.12. The predicted molar refractivity (Wildman–Crippen MR) is 44.5 cm³/mol. The van der Waals surface area contributed by atoms with Gasteiger partial charge in [-0.2, -0.15) is 11.8 Å². The number of hydrogen-bond acceptors (Lipinski definition) is 2. The van der Waals surface area contributed by atoms with Gasteiger partial charge in [-0.1, -0.05) is 0 Å². The third kappa shape index (κ3) is 1.48. The van der Waals surface area contributed by atoms with E-state index < -0.39 is 0 Å². The Hall–Kier alpha value is 0.310. The van der Waals surface area contributed by atoms with Crippen LogP contribution >= 0.6 is 11.8 Å². The van der Waals surface area contributed by atoms with E-state index in [-0.39, 0.29) is 0 Å². The van der Waals surface area contributed by atoms with Gasteiger partial charge in [0.1, 0.15) is 0 Å². The van der Waals surface area contributed by atoms with Crippen LogP contribution in [-0.2, 0) is 4.74 Å². The molecule has 0 amide bonds. The Labute approximate surface area is 66.5 Å². The smallest absolute Gasteiger partial charge is 0.0585 e. The third-order valence-corrected chi connectivity index (χ3v) is 3.93. The first kappa shape index (κ1) is 6.99. The van der Waals surface area contributed by atoms with Crippen molar-refractivity contribution in [2.45, 2.75) is 36.2 Å². The Morgan fingerprint density at radius 3 is 3.00 bits per heavy atom. The largest absolute Gasteiger partial charge is 0.380 e. The maximum Gasteiger partial charge on any atom is 0.0585 e. The Balaban J connectivity index is 1.91. The molecule has 0 aromatic heterocycles. The molecule has 2 rings (SSSR count). The molecule has 2 aliphatic heterocycles. The van der Waals surface area contributed by atoms with Gasteiger partial charge < -0.3 is 4.74 Å². The summed E-state index contributed by atoms with van der Waals surface area (Å²) in [6.07, 6.45) is 5.51. The molecule has 2 atom stereocenters. The highest BCUT2D eigenvalue weighted by atomic mass is 32.2. The van der Waals surface area contributed by atoms with Gasteiger partial charge in [0.2, 0.25) is 0 Å². The summed E-state index contributed by atoms with van der Waals surface area (Å²) in [5, 5.41) is 1.82. The fourth-order valence-corrected chi connectivity index (χ4v) is 3.31. The lowest BCUT2D eigenvalue weighted by atomic mass is 10.1. The second kappa shape index (κ2) is 3.14. The van der Waals surface area contributed by atoms with Crippen molar-refractivity contribution in [1.29, 1.82) is 0 Å². The molecular formula is C8H14OS. The van der Waals surface area contributed by atoms with Crippen molar-refractivity contribution < 1.29 is 4.74 Å². The van der Waals surface area contributed by atoms with Crippen LogP contribution in [-0.4, -0.2) is 23.7 Å². The minimum Gasteiger partial charge on any atom is -0.380 e. The second-order valence-corrected chi connectivity index (χ2v) is 4.78. The van der Waals surface area contributed by atoms with Crippen LogP contribution in [0.1, 0.15) is 25.7 Å². The lowest BCUT2D eigenvalue weighted by molar-refractivity contribution is 0.132. The first-order valence-electron chi connectivity index (χ1n) is 4.18. The summed E-state index contributed by atoms with van der Waals surface area (Å²) in [6.45, 7) is 2.02. The molecule has 58 valence electrons. The molecule has 2 heterocycles. The first-order chi connectivity index (χ1) is 4.95. The minimum absolute atomic E-state index is 0.838. The van der Waals surface area contributed by atoms with Crippen LogP contribution in [0.3, 0.4) is 0 Å². The van der Waals surface area contributed by atoms with Gasteiger partial charge in [0.05, 0.1) is 6.61 Å². The van der Waals surface area contributed by atoms with Crippen molar-refractivity contribution in [3.05, 3.63) is 0 Å². The number of thioether (sulfide) groups is 1. The lowest BCUT2D eigenvalue weighted by Gasteiger charge is -2.15. The van der Waals surface area contributed by atoms with E-state index in [4.69, 9.17) is 4.74 Å². The van der Waals surface area contributed by atoms with E-state index in [2.05, 4.69) is 11.8 Å². The van der Waals surface area contributed by atoms with Gasteiger partial charge in [0, 0.05) is 17.1 Å². The molecule has 10 heavy (non-hydrogen) atoms. The van der Waals surface area contributed by atoms with Crippen molar-refractivity contribution >= 4 is 11.8 Å². The molecule has 0 aromatic carbocycles. The maximum atomic E-state index is 5.48. The molecule has 0 aromatic rings. The Bertz CT molecular complexity index is 104. The molecule has 2 unspecified atom stereocenters. The Kier molecular flexibility index (Phi) is 2.19. The molecule has 2 fully saturated rings.